The van der Waals surface area contributed by atoms with Gasteiger partial charge in [-0.05, 0) is 43.3 Å². The van der Waals surface area contributed by atoms with Crippen molar-refractivity contribution in [1.29, 1.82) is 0 Å². The Morgan fingerprint density at radius 2 is 1.77 bits per heavy atom. The van der Waals surface area contributed by atoms with Crippen LogP contribution in [0.2, 0.25) is 0 Å². The lowest BCUT2D eigenvalue weighted by Gasteiger charge is -2.15. The van der Waals surface area contributed by atoms with Gasteiger partial charge in [0.05, 0.1) is 5.69 Å². The summed E-state index contributed by atoms with van der Waals surface area (Å²) in [4.78, 5) is 22.9. The fourth-order valence-corrected chi connectivity index (χ4v) is 1.75. The maximum Gasteiger partial charge on any atom is 0.265 e. The third-order valence-electron chi connectivity index (χ3n) is 2.95. The van der Waals surface area contributed by atoms with E-state index >= 15 is 0 Å². The van der Waals surface area contributed by atoms with E-state index in [9.17, 15) is 14.0 Å². The Balaban J connectivity index is 1.99. The van der Waals surface area contributed by atoms with Gasteiger partial charge in [0.15, 0.2) is 6.10 Å². The third kappa shape index (κ3) is 3.82. The third-order valence-corrected chi connectivity index (χ3v) is 2.95. The number of hydrogen-bond acceptors (Lipinski definition) is 3. The minimum atomic E-state index is -0.834. The van der Waals surface area contributed by atoms with Crippen LogP contribution in [0.15, 0.2) is 48.5 Å². The lowest BCUT2D eigenvalue weighted by Crippen LogP contribution is -2.30. The van der Waals surface area contributed by atoms with Crippen molar-refractivity contribution in [3.8, 4) is 5.75 Å². The lowest BCUT2D eigenvalue weighted by molar-refractivity contribution is -0.122. The van der Waals surface area contributed by atoms with Gasteiger partial charge in [0, 0.05) is 5.56 Å². The first-order valence-corrected chi connectivity index (χ1v) is 6.59. The molecule has 2 aromatic rings. The number of primary amides is 1. The predicted molar refractivity (Wildman–Crippen MR) is 80.1 cm³/mol. The van der Waals surface area contributed by atoms with Crippen molar-refractivity contribution >= 4 is 17.5 Å². The van der Waals surface area contributed by atoms with Crippen LogP contribution in [-0.4, -0.2) is 17.9 Å². The second-order valence-electron chi connectivity index (χ2n) is 4.62. The van der Waals surface area contributed by atoms with Crippen molar-refractivity contribution in [2.24, 2.45) is 5.73 Å². The van der Waals surface area contributed by atoms with E-state index in [1.807, 2.05) is 0 Å². The van der Waals surface area contributed by atoms with Crippen LogP contribution < -0.4 is 15.8 Å². The molecule has 1 atom stereocenters. The molecule has 0 aliphatic heterocycles. The highest BCUT2D eigenvalue weighted by Crippen LogP contribution is 2.16. The van der Waals surface area contributed by atoms with E-state index in [0.717, 1.165) is 0 Å². The molecule has 0 aromatic heterocycles. The van der Waals surface area contributed by atoms with E-state index in [4.69, 9.17) is 10.5 Å². The van der Waals surface area contributed by atoms with Crippen LogP contribution in [0.3, 0.4) is 0 Å². The molecule has 0 aliphatic carbocycles. The zero-order chi connectivity index (χ0) is 16.1. The second-order valence-corrected chi connectivity index (χ2v) is 4.62. The maximum atomic E-state index is 13.5. The molecule has 0 heterocycles. The predicted octanol–water partition coefficient (Wildman–Crippen LogP) is 2.33. The van der Waals surface area contributed by atoms with Crippen molar-refractivity contribution < 1.29 is 18.7 Å². The van der Waals surface area contributed by atoms with Gasteiger partial charge in [-0.25, -0.2) is 4.39 Å². The summed E-state index contributed by atoms with van der Waals surface area (Å²) in [5, 5.41) is 2.45. The topological polar surface area (TPSA) is 81.4 Å². The number of amides is 2. The van der Waals surface area contributed by atoms with Gasteiger partial charge in [-0.15, -0.1) is 0 Å². The van der Waals surface area contributed by atoms with Gasteiger partial charge in [0.1, 0.15) is 11.6 Å². The molecule has 6 heteroatoms. The van der Waals surface area contributed by atoms with Crippen molar-refractivity contribution in [1.82, 2.24) is 0 Å². The molecule has 0 aliphatic rings. The van der Waals surface area contributed by atoms with Gasteiger partial charge in [0.2, 0.25) is 5.91 Å². The average Bonchev–Trinajstić information content (AvgIpc) is 2.50. The number of anilines is 1. The summed E-state index contributed by atoms with van der Waals surface area (Å²) in [5.41, 5.74) is 5.57. The summed E-state index contributed by atoms with van der Waals surface area (Å²) < 4.78 is 18.9. The molecule has 3 N–H and O–H groups in total. The second kappa shape index (κ2) is 6.71. The highest BCUT2D eigenvalue weighted by Gasteiger charge is 2.16. The first-order chi connectivity index (χ1) is 10.5. The van der Waals surface area contributed by atoms with Crippen LogP contribution >= 0.6 is 0 Å². The number of nitrogens with one attached hydrogen (secondary N) is 1. The number of halogens is 1. The average molecular weight is 302 g/mol. The van der Waals surface area contributed by atoms with Crippen LogP contribution in [0, 0.1) is 5.82 Å². The lowest BCUT2D eigenvalue weighted by atomic mass is 10.2. The first kappa shape index (κ1) is 15.5. The van der Waals surface area contributed by atoms with E-state index in [1.165, 1.54) is 49.4 Å². The summed E-state index contributed by atoms with van der Waals surface area (Å²) in [6.07, 6.45) is -0.834. The van der Waals surface area contributed by atoms with Gasteiger partial charge in [-0.2, -0.15) is 0 Å². The van der Waals surface area contributed by atoms with Crippen LogP contribution in [0.5, 0.6) is 5.75 Å². The van der Waals surface area contributed by atoms with Crippen LogP contribution in [0.25, 0.3) is 0 Å². The van der Waals surface area contributed by atoms with E-state index in [2.05, 4.69) is 5.32 Å². The van der Waals surface area contributed by atoms with E-state index in [1.54, 1.807) is 6.07 Å². The Kier molecular flexibility index (Phi) is 4.73. The largest absolute Gasteiger partial charge is 0.481 e. The molecule has 0 fully saturated rings. The van der Waals surface area contributed by atoms with Crippen molar-refractivity contribution in [2.45, 2.75) is 13.0 Å². The zero-order valence-corrected chi connectivity index (χ0v) is 11.9. The molecule has 0 saturated carbocycles. The minimum Gasteiger partial charge on any atom is -0.481 e. The molecule has 22 heavy (non-hydrogen) atoms. The summed E-state index contributed by atoms with van der Waals surface area (Å²) in [6, 6.07) is 11.9. The summed E-state index contributed by atoms with van der Waals surface area (Å²) >= 11 is 0. The SMILES string of the molecule is CC(Oc1ccc(C(N)=O)cc1)C(=O)Nc1ccccc1F. The molecule has 2 aromatic carbocycles. The normalized spacial score (nSPS) is 11.5. The van der Waals surface area contributed by atoms with E-state index in [0.29, 0.717) is 11.3 Å². The Labute approximate surface area is 126 Å². The van der Waals surface area contributed by atoms with Crippen molar-refractivity contribution in [2.75, 3.05) is 5.32 Å². The minimum absolute atomic E-state index is 0.0898. The Morgan fingerprint density at radius 1 is 1.14 bits per heavy atom. The van der Waals surface area contributed by atoms with Gasteiger partial charge in [-0.3, -0.25) is 9.59 Å². The van der Waals surface area contributed by atoms with E-state index in [-0.39, 0.29) is 5.69 Å². The fraction of sp³-hybridized carbons (Fsp3) is 0.125. The van der Waals surface area contributed by atoms with Crippen LogP contribution in [-0.2, 0) is 4.79 Å². The maximum absolute atomic E-state index is 13.5. The Morgan fingerprint density at radius 3 is 2.36 bits per heavy atom. The molecule has 2 rings (SSSR count). The zero-order valence-electron chi connectivity index (χ0n) is 11.9. The van der Waals surface area contributed by atoms with Gasteiger partial charge < -0.3 is 15.8 Å². The molecule has 0 spiro atoms. The molecule has 114 valence electrons. The fourth-order valence-electron chi connectivity index (χ4n) is 1.75. The number of benzene rings is 2. The molecule has 2 amide bonds. The molecule has 0 saturated heterocycles. The standard InChI is InChI=1S/C16H15FN2O3/c1-10(16(21)19-14-5-3-2-4-13(14)17)22-12-8-6-11(7-9-12)15(18)20/h2-10H,1H3,(H2,18,20)(H,19,21). The number of rotatable bonds is 5. The van der Waals surface area contributed by atoms with Gasteiger partial charge in [0.25, 0.3) is 5.91 Å². The summed E-state index contributed by atoms with van der Waals surface area (Å²) in [6.45, 7) is 1.54. The molecule has 1 unspecified atom stereocenters. The number of nitrogens with two attached hydrogens (primary N) is 1. The highest BCUT2D eigenvalue weighted by atomic mass is 19.1. The van der Waals surface area contributed by atoms with E-state index < -0.39 is 23.7 Å². The molecular weight excluding hydrogens is 287 g/mol. The molecule has 0 radical (unpaired) electrons. The quantitative estimate of drug-likeness (QED) is 0.889. The van der Waals surface area contributed by atoms with Gasteiger partial charge in [-0.1, -0.05) is 12.1 Å². The molecule has 5 nitrogen and oxygen atoms in total. The molecule has 0 bridgehead atoms. The summed E-state index contributed by atoms with van der Waals surface area (Å²) in [5.74, 6) is -1.14. The first-order valence-electron chi connectivity index (χ1n) is 6.59. The highest BCUT2D eigenvalue weighted by molar-refractivity contribution is 5.94. The monoisotopic (exact) mass is 302 g/mol. The molecular formula is C16H15FN2O3. The van der Waals surface area contributed by atoms with Gasteiger partial charge >= 0.3 is 0 Å². The van der Waals surface area contributed by atoms with Crippen molar-refractivity contribution in [3.05, 3.63) is 59.9 Å². The van der Waals surface area contributed by atoms with Crippen LogP contribution in [0.1, 0.15) is 17.3 Å². The Bertz CT molecular complexity index is 686. The number of hydrogen-bond donors (Lipinski definition) is 2. The smallest absolute Gasteiger partial charge is 0.265 e. The number of ether oxygens (including phenoxy) is 1. The number of carbonyl (C=O) groups is 2. The van der Waals surface area contributed by atoms with Crippen molar-refractivity contribution in [3.63, 3.8) is 0 Å². The number of para-hydroxylation sites is 1. The number of carbonyl (C=O) groups excluding carboxylic acids is 2. The van der Waals surface area contributed by atoms with Crippen LogP contribution in [0.4, 0.5) is 10.1 Å². The summed E-state index contributed by atoms with van der Waals surface area (Å²) in [7, 11) is 0. The Hall–Kier alpha value is -2.89.